The van der Waals surface area contributed by atoms with Crippen LogP contribution in [-0.4, -0.2) is 0 Å². The summed E-state index contributed by atoms with van der Waals surface area (Å²) in [7, 11) is 0. The molecule has 4 aromatic rings. The predicted octanol–water partition coefficient (Wildman–Crippen LogP) is 4.13. The summed E-state index contributed by atoms with van der Waals surface area (Å²) >= 11 is 5.38. The van der Waals surface area contributed by atoms with Gasteiger partial charge in [0.2, 0.25) is 0 Å². The third-order valence-corrected chi connectivity index (χ3v) is 7.18. The average Bonchev–Trinajstić information content (AvgIpc) is 3.21. The molecule has 0 N–H and O–H groups in total. The minimum Gasteiger partial charge on any atom is -0.245 e. The van der Waals surface area contributed by atoms with E-state index in [0.29, 0.717) is 0 Å². The van der Waals surface area contributed by atoms with E-state index >= 15 is 0 Å². The maximum absolute atomic E-state index is 4.94. The van der Waals surface area contributed by atoms with E-state index in [1.165, 1.54) is 28.9 Å². The summed E-state index contributed by atoms with van der Waals surface area (Å²) in [6.07, 6.45) is 0. The zero-order valence-corrected chi connectivity index (χ0v) is 13.0. The second-order valence-corrected chi connectivity index (χ2v) is 7.99. The van der Waals surface area contributed by atoms with Crippen LogP contribution in [0.25, 0.3) is 9.40 Å². The first-order valence-corrected chi connectivity index (χ1v) is 9.16. The Bertz CT molecular complexity index is 1390. The molecule has 0 saturated carbocycles. The van der Waals surface area contributed by atoms with Crippen molar-refractivity contribution in [1.29, 1.82) is 0 Å². The summed E-state index contributed by atoms with van der Waals surface area (Å²) in [6, 6.07) is 8.70. The minimum atomic E-state index is 1.06. The number of nitrogens with zero attached hydrogens (tertiary/aromatic N) is 2. The molecule has 21 heavy (non-hydrogen) atoms. The van der Waals surface area contributed by atoms with Crippen molar-refractivity contribution in [2.45, 2.75) is 0 Å². The molecule has 98 valence electrons. The fourth-order valence-corrected chi connectivity index (χ4v) is 6.22. The van der Waals surface area contributed by atoms with Crippen LogP contribution in [0.1, 0.15) is 0 Å². The van der Waals surface area contributed by atoms with E-state index < -0.39 is 0 Å². The third kappa shape index (κ3) is 1.19. The molecule has 0 bridgehead atoms. The number of fused-ring (bicyclic) bond motifs is 7. The SMILES string of the molecule is c1cc2c(s1)=c1ccc3c(c1N=2)N=c1c=3sc2ccsc12. The lowest BCUT2D eigenvalue weighted by Crippen LogP contribution is -1.92. The van der Waals surface area contributed by atoms with Crippen LogP contribution in [0.4, 0.5) is 11.4 Å². The van der Waals surface area contributed by atoms with Crippen LogP contribution in [0.2, 0.25) is 0 Å². The molecule has 0 aliphatic carbocycles. The molecule has 2 aliphatic heterocycles. The van der Waals surface area contributed by atoms with Gasteiger partial charge >= 0.3 is 0 Å². The molecule has 0 radical (unpaired) electrons. The van der Waals surface area contributed by atoms with Gasteiger partial charge in [-0.1, -0.05) is 12.1 Å². The van der Waals surface area contributed by atoms with Crippen LogP contribution in [0.5, 0.6) is 0 Å². The van der Waals surface area contributed by atoms with Crippen molar-refractivity contribution in [3.05, 3.63) is 65.2 Å². The lowest BCUT2D eigenvalue weighted by molar-refractivity contribution is 1.36. The van der Waals surface area contributed by atoms with Crippen molar-refractivity contribution in [1.82, 2.24) is 0 Å². The summed E-state index contributed by atoms with van der Waals surface area (Å²) < 4.78 is 5.24. The Morgan fingerprint density at radius 1 is 0.762 bits per heavy atom. The summed E-state index contributed by atoms with van der Waals surface area (Å²) in [5.74, 6) is 0. The second kappa shape index (κ2) is 3.50. The Kier molecular flexibility index (Phi) is 1.80. The zero-order chi connectivity index (χ0) is 13.6. The van der Waals surface area contributed by atoms with Crippen molar-refractivity contribution < 1.29 is 0 Å². The highest BCUT2D eigenvalue weighted by Gasteiger charge is 2.17. The fourth-order valence-electron chi connectivity index (χ4n) is 3.09. The van der Waals surface area contributed by atoms with Gasteiger partial charge in [0.25, 0.3) is 0 Å². The van der Waals surface area contributed by atoms with E-state index in [9.17, 15) is 0 Å². The molecule has 0 saturated heterocycles. The van der Waals surface area contributed by atoms with Gasteiger partial charge in [0.1, 0.15) is 5.36 Å². The molecule has 0 spiro atoms. The van der Waals surface area contributed by atoms with Crippen LogP contribution in [0, 0.1) is 19.5 Å². The molecule has 3 aromatic heterocycles. The molecule has 6 rings (SSSR count). The van der Waals surface area contributed by atoms with E-state index in [4.69, 9.17) is 9.98 Å². The van der Waals surface area contributed by atoms with Crippen molar-refractivity contribution >= 4 is 54.8 Å². The van der Waals surface area contributed by atoms with Crippen molar-refractivity contribution in [2.24, 2.45) is 9.98 Å². The Hall–Kier alpha value is -1.82. The van der Waals surface area contributed by atoms with Gasteiger partial charge in [-0.05, 0) is 22.9 Å². The first-order chi connectivity index (χ1) is 10.4. The fraction of sp³-hybridized carbons (Fsp3) is 0. The quantitative estimate of drug-likeness (QED) is 0.402. The Balaban J connectivity index is 1.93. The van der Waals surface area contributed by atoms with E-state index in [2.05, 4.69) is 35.0 Å². The molecule has 5 heterocycles. The highest BCUT2D eigenvalue weighted by atomic mass is 32.1. The van der Waals surface area contributed by atoms with Gasteiger partial charge in [-0.15, -0.1) is 34.0 Å². The van der Waals surface area contributed by atoms with Crippen LogP contribution in [0.3, 0.4) is 0 Å². The number of benzene rings is 1. The molecule has 0 atom stereocenters. The topological polar surface area (TPSA) is 24.7 Å². The number of thiophene rings is 3. The van der Waals surface area contributed by atoms with Gasteiger partial charge in [0.05, 0.1) is 30.5 Å². The van der Waals surface area contributed by atoms with E-state index in [1.54, 1.807) is 22.7 Å². The zero-order valence-electron chi connectivity index (χ0n) is 10.6. The normalized spacial score (nSPS) is 13.5. The lowest BCUT2D eigenvalue weighted by Gasteiger charge is -1.96. The van der Waals surface area contributed by atoms with E-state index in [-0.39, 0.29) is 0 Å². The largest absolute Gasteiger partial charge is 0.245 e. The molecule has 5 heteroatoms. The van der Waals surface area contributed by atoms with Crippen LogP contribution < -0.4 is 10.7 Å². The first-order valence-electron chi connectivity index (χ1n) is 6.59. The smallest absolute Gasteiger partial charge is 0.100 e. The Morgan fingerprint density at radius 2 is 1.57 bits per heavy atom. The molecule has 2 aliphatic rings. The first kappa shape index (κ1) is 10.8. The molecule has 2 nitrogen and oxygen atoms in total. The molecular weight excluding hydrogens is 316 g/mol. The third-order valence-electron chi connectivity index (χ3n) is 4.01. The van der Waals surface area contributed by atoms with E-state index in [0.717, 1.165) is 22.1 Å². The highest BCUT2D eigenvalue weighted by molar-refractivity contribution is 7.25. The van der Waals surface area contributed by atoms with Crippen molar-refractivity contribution in [3.63, 3.8) is 0 Å². The molecule has 1 aromatic carbocycles. The van der Waals surface area contributed by atoms with Crippen LogP contribution in [0.15, 0.2) is 45.0 Å². The Morgan fingerprint density at radius 3 is 2.52 bits per heavy atom. The van der Waals surface area contributed by atoms with Gasteiger partial charge in [-0.25, -0.2) is 9.98 Å². The predicted molar refractivity (Wildman–Crippen MR) is 87.4 cm³/mol. The maximum atomic E-state index is 4.94. The minimum absolute atomic E-state index is 1.06. The summed E-state index contributed by atoms with van der Waals surface area (Å²) in [5, 5.41) is 8.98. The Labute approximate surface area is 130 Å². The van der Waals surface area contributed by atoms with Gasteiger partial charge in [-0.3, -0.25) is 0 Å². The summed E-state index contributed by atoms with van der Waals surface area (Å²) in [4.78, 5) is 9.74. The second-order valence-electron chi connectivity index (χ2n) is 5.11. The van der Waals surface area contributed by atoms with E-state index in [1.807, 2.05) is 11.3 Å². The number of hydrogen-bond acceptors (Lipinski definition) is 5. The number of hydrogen-bond donors (Lipinski definition) is 0. The van der Waals surface area contributed by atoms with Gasteiger partial charge in [0.15, 0.2) is 0 Å². The lowest BCUT2D eigenvalue weighted by atomic mass is 10.2. The van der Waals surface area contributed by atoms with Crippen LogP contribution in [-0.2, 0) is 0 Å². The van der Waals surface area contributed by atoms with Gasteiger partial charge in [-0.2, -0.15) is 0 Å². The summed E-state index contributed by atoms with van der Waals surface area (Å²) in [6.45, 7) is 0. The van der Waals surface area contributed by atoms with Crippen LogP contribution >= 0.6 is 34.0 Å². The maximum Gasteiger partial charge on any atom is 0.100 e. The van der Waals surface area contributed by atoms with Gasteiger partial charge < -0.3 is 0 Å². The monoisotopic (exact) mass is 322 g/mol. The summed E-state index contributed by atoms with van der Waals surface area (Å²) in [5.41, 5.74) is 2.12. The average molecular weight is 322 g/mol. The molecular formula is C16H6N2S3. The molecule has 0 amide bonds. The molecule has 0 fully saturated rings. The van der Waals surface area contributed by atoms with Crippen molar-refractivity contribution in [2.75, 3.05) is 0 Å². The van der Waals surface area contributed by atoms with Gasteiger partial charge in [0, 0.05) is 15.1 Å². The number of rotatable bonds is 0. The highest BCUT2D eigenvalue weighted by Crippen LogP contribution is 2.37. The van der Waals surface area contributed by atoms with Crippen molar-refractivity contribution in [3.8, 4) is 0 Å². The standard InChI is InChI=1S/C16H6N2S3/c1-2-8-12(11-7(1)14-9(17-11)3-5-19-14)18-13-15(8)21-10-4-6-20-16(10)13/h1-6H. The molecule has 0 unspecified atom stereocenters.